The molecule has 1 heterocycles. The molecular formula is C11H23N3. The Hall–Kier alpha value is -0.120. The summed E-state index contributed by atoms with van der Waals surface area (Å²) >= 11 is 0. The first-order valence-corrected chi connectivity index (χ1v) is 5.93. The number of nitrogens with one attached hydrogen (secondary N) is 1. The van der Waals surface area contributed by atoms with Gasteiger partial charge in [-0.15, -0.1) is 0 Å². The highest BCUT2D eigenvalue weighted by Crippen LogP contribution is 2.36. The molecule has 0 spiro atoms. The van der Waals surface area contributed by atoms with Crippen LogP contribution in [-0.4, -0.2) is 29.2 Å². The summed E-state index contributed by atoms with van der Waals surface area (Å²) in [6.07, 6.45) is 6.50. The first-order chi connectivity index (χ1) is 6.67. The van der Waals surface area contributed by atoms with Gasteiger partial charge in [-0.2, -0.15) is 0 Å². The Morgan fingerprint density at radius 3 is 2.29 bits per heavy atom. The molecule has 3 N–H and O–H groups in total. The topological polar surface area (TPSA) is 41.3 Å². The van der Waals surface area contributed by atoms with Gasteiger partial charge in [-0.25, -0.2) is 10.4 Å². The van der Waals surface area contributed by atoms with Crippen molar-refractivity contribution in [3.05, 3.63) is 0 Å². The summed E-state index contributed by atoms with van der Waals surface area (Å²) in [4.78, 5) is 0. The fraction of sp³-hybridized carbons (Fsp3) is 1.00. The van der Waals surface area contributed by atoms with Crippen molar-refractivity contribution in [3.8, 4) is 0 Å². The van der Waals surface area contributed by atoms with Gasteiger partial charge in [0.15, 0.2) is 0 Å². The van der Waals surface area contributed by atoms with Crippen LogP contribution in [0.3, 0.4) is 0 Å². The Morgan fingerprint density at radius 1 is 1.29 bits per heavy atom. The van der Waals surface area contributed by atoms with Crippen molar-refractivity contribution in [2.45, 2.75) is 63.6 Å². The van der Waals surface area contributed by atoms with Crippen LogP contribution in [0.25, 0.3) is 0 Å². The number of nitrogens with two attached hydrogens (primary N) is 1. The van der Waals surface area contributed by atoms with Crippen molar-refractivity contribution in [1.29, 1.82) is 0 Å². The lowest BCUT2D eigenvalue weighted by Crippen LogP contribution is -2.58. The van der Waals surface area contributed by atoms with Crippen molar-refractivity contribution >= 4 is 0 Å². The van der Waals surface area contributed by atoms with Crippen molar-refractivity contribution in [3.63, 3.8) is 0 Å². The molecule has 1 saturated heterocycles. The smallest absolute Gasteiger partial charge is 0.0449 e. The lowest BCUT2D eigenvalue weighted by atomic mass is 9.99. The van der Waals surface area contributed by atoms with Gasteiger partial charge in [-0.05, 0) is 39.5 Å². The van der Waals surface area contributed by atoms with Crippen LogP contribution < -0.4 is 11.2 Å². The number of rotatable bonds is 3. The summed E-state index contributed by atoms with van der Waals surface area (Å²) < 4.78 is 0. The normalized spacial score (nSPS) is 37.1. The summed E-state index contributed by atoms with van der Waals surface area (Å²) in [5, 5.41) is 2.45. The van der Waals surface area contributed by atoms with Crippen LogP contribution in [0.5, 0.6) is 0 Å². The van der Waals surface area contributed by atoms with Crippen LogP contribution in [-0.2, 0) is 0 Å². The van der Waals surface area contributed by atoms with Gasteiger partial charge < -0.3 is 5.73 Å². The van der Waals surface area contributed by atoms with Crippen LogP contribution >= 0.6 is 0 Å². The molecule has 1 aliphatic carbocycles. The summed E-state index contributed by atoms with van der Waals surface area (Å²) in [5.41, 5.74) is 9.72. The van der Waals surface area contributed by atoms with Crippen molar-refractivity contribution in [2.75, 3.05) is 6.54 Å². The Morgan fingerprint density at radius 2 is 1.86 bits per heavy atom. The third-order valence-electron chi connectivity index (χ3n) is 3.80. The molecule has 2 atom stereocenters. The quantitative estimate of drug-likeness (QED) is 0.715. The minimum absolute atomic E-state index is 0.264. The van der Waals surface area contributed by atoms with Crippen LogP contribution in [0.1, 0.15) is 46.0 Å². The molecule has 0 bridgehead atoms. The lowest BCUT2D eigenvalue weighted by Gasteiger charge is -2.41. The van der Waals surface area contributed by atoms with E-state index in [0.717, 1.165) is 6.54 Å². The van der Waals surface area contributed by atoms with E-state index in [1.807, 2.05) is 0 Å². The fourth-order valence-corrected chi connectivity index (χ4v) is 2.43. The van der Waals surface area contributed by atoms with Crippen molar-refractivity contribution in [1.82, 2.24) is 10.4 Å². The molecule has 1 aliphatic heterocycles. The van der Waals surface area contributed by atoms with E-state index < -0.39 is 0 Å². The monoisotopic (exact) mass is 197 g/mol. The van der Waals surface area contributed by atoms with Crippen LogP contribution in [0.15, 0.2) is 0 Å². The van der Waals surface area contributed by atoms with Gasteiger partial charge in [0.1, 0.15) is 0 Å². The first kappa shape index (κ1) is 10.4. The fourth-order valence-electron chi connectivity index (χ4n) is 2.43. The number of hydrazine groups is 1. The highest BCUT2D eigenvalue weighted by atomic mass is 15.6. The first-order valence-electron chi connectivity index (χ1n) is 5.93. The maximum atomic E-state index is 5.79. The molecular weight excluding hydrogens is 174 g/mol. The van der Waals surface area contributed by atoms with Crippen LogP contribution in [0.4, 0.5) is 0 Å². The SMILES string of the molecule is CC1CCCC(C)N1NC1(CN)CC1. The molecule has 3 heteroatoms. The van der Waals surface area contributed by atoms with Crippen molar-refractivity contribution in [2.24, 2.45) is 5.73 Å². The molecule has 0 aromatic rings. The second-order valence-corrected chi connectivity index (χ2v) is 5.13. The number of piperidine rings is 1. The molecule has 0 amide bonds. The molecule has 2 unspecified atom stereocenters. The van der Waals surface area contributed by atoms with Gasteiger partial charge in [0.05, 0.1) is 0 Å². The molecule has 82 valence electrons. The summed E-state index contributed by atoms with van der Waals surface area (Å²) in [5.74, 6) is 0. The van der Waals surface area contributed by atoms with E-state index in [2.05, 4.69) is 24.3 Å². The van der Waals surface area contributed by atoms with Gasteiger partial charge in [0.25, 0.3) is 0 Å². The highest BCUT2D eigenvalue weighted by Gasteiger charge is 2.44. The second-order valence-electron chi connectivity index (χ2n) is 5.13. The average molecular weight is 197 g/mol. The van der Waals surface area contributed by atoms with Crippen LogP contribution in [0, 0.1) is 0 Å². The van der Waals surface area contributed by atoms with E-state index >= 15 is 0 Å². The average Bonchev–Trinajstić information content (AvgIpc) is 2.93. The summed E-state index contributed by atoms with van der Waals surface area (Å²) in [6, 6.07) is 1.34. The zero-order valence-corrected chi connectivity index (χ0v) is 9.42. The summed E-state index contributed by atoms with van der Waals surface area (Å²) in [6.45, 7) is 5.41. The molecule has 2 rings (SSSR count). The molecule has 2 aliphatic rings. The zero-order chi connectivity index (χ0) is 10.2. The van der Waals surface area contributed by atoms with E-state index in [4.69, 9.17) is 5.73 Å². The van der Waals surface area contributed by atoms with Crippen molar-refractivity contribution < 1.29 is 0 Å². The second kappa shape index (κ2) is 3.80. The minimum atomic E-state index is 0.264. The Balaban J connectivity index is 1.94. The molecule has 0 radical (unpaired) electrons. The van der Waals surface area contributed by atoms with E-state index in [1.165, 1.54) is 32.1 Å². The molecule has 14 heavy (non-hydrogen) atoms. The molecule has 2 fully saturated rings. The maximum absolute atomic E-state index is 5.79. The Bertz CT molecular complexity index is 191. The number of nitrogens with zero attached hydrogens (tertiary/aromatic N) is 1. The van der Waals surface area contributed by atoms with Gasteiger partial charge in [0, 0.05) is 24.2 Å². The third kappa shape index (κ3) is 1.95. The zero-order valence-electron chi connectivity index (χ0n) is 9.42. The largest absolute Gasteiger partial charge is 0.329 e. The molecule has 0 aromatic carbocycles. The van der Waals surface area contributed by atoms with Gasteiger partial charge >= 0.3 is 0 Å². The van der Waals surface area contributed by atoms with Gasteiger partial charge in [-0.1, -0.05) is 6.42 Å². The summed E-state index contributed by atoms with van der Waals surface area (Å²) in [7, 11) is 0. The number of hydrogen-bond acceptors (Lipinski definition) is 3. The van der Waals surface area contributed by atoms with Crippen LogP contribution in [0.2, 0.25) is 0 Å². The predicted octanol–water partition coefficient (Wildman–Crippen LogP) is 1.25. The Labute approximate surface area is 87.0 Å². The minimum Gasteiger partial charge on any atom is -0.329 e. The van der Waals surface area contributed by atoms with E-state index in [9.17, 15) is 0 Å². The highest BCUT2D eigenvalue weighted by molar-refractivity contribution is 5.03. The maximum Gasteiger partial charge on any atom is 0.0449 e. The number of hydrogen-bond donors (Lipinski definition) is 2. The Kier molecular flexibility index (Phi) is 2.82. The third-order valence-corrected chi connectivity index (χ3v) is 3.80. The van der Waals surface area contributed by atoms with E-state index in [-0.39, 0.29) is 5.54 Å². The predicted molar refractivity (Wildman–Crippen MR) is 58.8 cm³/mol. The standard InChI is InChI=1S/C11H23N3/c1-9-4-3-5-10(2)14(9)13-11(8-12)6-7-11/h9-10,13H,3-8,12H2,1-2H3. The van der Waals surface area contributed by atoms with Gasteiger partial charge in [-0.3, -0.25) is 0 Å². The van der Waals surface area contributed by atoms with E-state index in [1.54, 1.807) is 0 Å². The molecule has 3 nitrogen and oxygen atoms in total. The van der Waals surface area contributed by atoms with Gasteiger partial charge in [0.2, 0.25) is 0 Å². The van der Waals surface area contributed by atoms with E-state index in [0.29, 0.717) is 12.1 Å². The molecule has 0 aromatic heterocycles. The molecule has 1 saturated carbocycles. The lowest BCUT2D eigenvalue weighted by molar-refractivity contribution is 0.0256.